The Morgan fingerprint density at radius 2 is 1.65 bits per heavy atom. The molecule has 166 valence electrons. The molecule has 0 radical (unpaired) electrons. The molecule has 1 unspecified atom stereocenters. The molecule has 6 nitrogen and oxygen atoms in total. The van der Waals surface area contributed by atoms with Gasteiger partial charge in [0.15, 0.2) is 6.54 Å². The largest absolute Gasteiger partial charge is 0.378 e. The minimum Gasteiger partial charge on any atom is -0.378 e. The molecule has 0 aromatic heterocycles. The second kappa shape index (κ2) is 10.6. The van der Waals surface area contributed by atoms with Crippen molar-refractivity contribution in [2.45, 2.75) is 25.8 Å². The van der Waals surface area contributed by atoms with E-state index in [9.17, 15) is 4.79 Å². The number of amides is 1. The van der Waals surface area contributed by atoms with E-state index in [0.717, 1.165) is 51.6 Å². The second-order valence-electron chi connectivity index (χ2n) is 8.68. The number of quaternary nitrogens is 1. The van der Waals surface area contributed by atoms with E-state index in [1.807, 2.05) is 12.1 Å². The van der Waals surface area contributed by atoms with Crippen molar-refractivity contribution in [3.8, 4) is 0 Å². The van der Waals surface area contributed by atoms with Crippen molar-refractivity contribution in [3.05, 3.63) is 54.1 Å². The van der Waals surface area contributed by atoms with Gasteiger partial charge >= 0.3 is 0 Å². The molecule has 0 saturated carbocycles. The van der Waals surface area contributed by atoms with E-state index in [1.165, 1.54) is 41.1 Å². The van der Waals surface area contributed by atoms with Crippen LogP contribution in [0.1, 0.15) is 24.8 Å². The van der Waals surface area contributed by atoms with E-state index < -0.39 is 0 Å². The predicted molar refractivity (Wildman–Crippen MR) is 126 cm³/mol. The van der Waals surface area contributed by atoms with Crippen LogP contribution < -0.4 is 20.0 Å². The molecule has 2 saturated heterocycles. The highest BCUT2D eigenvalue weighted by Crippen LogP contribution is 2.23. The van der Waals surface area contributed by atoms with Crippen LogP contribution in [0, 0.1) is 0 Å². The Morgan fingerprint density at radius 1 is 0.935 bits per heavy atom. The number of hydrogen-bond donors (Lipinski definition) is 2. The summed E-state index contributed by atoms with van der Waals surface area (Å²) in [6, 6.07) is 16.8. The molecule has 2 N–H and O–H groups in total. The van der Waals surface area contributed by atoms with Gasteiger partial charge in [-0.15, -0.1) is 0 Å². The Kier molecular flexibility index (Phi) is 7.43. The smallest absolute Gasteiger partial charge is 0.279 e. The van der Waals surface area contributed by atoms with Crippen LogP contribution in [0.2, 0.25) is 0 Å². The van der Waals surface area contributed by atoms with E-state index in [4.69, 9.17) is 4.74 Å². The predicted octanol–water partition coefficient (Wildman–Crippen LogP) is 2.17. The SMILES string of the molecule is C[NH+](CC(=O)Nc1ccc(N2CCOCC2)cc1)Cc1ccccc1N1CCCCC1. The van der Waals surface area contributed by atoms with Crippen LogP contribution in [0.5, 0.6) is 0 Å². The van der Waals surface area contributed by atoms with Gasteiger partial charge in [0.25, 0.3) is 5.91 Å². The van der Waals surface area contributed by atoms with E-state index in [1.54, 1.807) is 0 Å². The summed E-state index contributed by atoms with van der Waals surface area (Å²) >= 11 is 0. The Balaban J connectivity index is 1.30. The maximum atomic E-state index is 12.6. The lowest BCUT2D eigenvalue weighted by atomic mass is 10.1. The monoisotopic (exact) mass is 423 g/mol. The zero-order chi connectivity index (χ0) is 21.5. The van der Waals surface area contributed by atoms with Crippen LogP contribution in [0.15, 0.2) is 48.5 Å². The molecule has 6 heteroatoms. The maximum absolute atomic E-state index is 12.6. The zero-order valence-electron chi connectivity index (χ0n) is 18.6. The fourth-order valence-corrected chi connectivity index (χ4v) is 4.55. The summed E-state index contributed by atoms with van der Waals surface area (Å²) < 4.78 is 5.42. The molecule has 2 aliphatic rings. The average Bonchev–Trinajstić information content (AvgIpc) is 2.81. The van der Waals surface area contributed by atoms with Gasteiger partial charge in [0.2, 0.25) is 0 Å². The van der Waals surface area contributed by atoms with Crippen molar-refractivity contribution in [1.29, 1.82) is 0 Å². The number of rotatable bonds is 7. The van der Waals surface area contributed by atoms with Gasteiger partial charge in [-0.1, -0.05) is 18.2 Å². The summed E-state index contributed by atoms with van der Waals surface area (Å²) in [5.41, 5.74) is 4.69. The fraction of sp³-hybridized carbons (Fsp3) is 0.480. The molecule has 0 aliphatic carbocycles. The lowest BCUT2D eigenvalue weighted by Crippen LogP contribution is -3.08. The van der Waals surface area contributed by atoms with Gasteiger partial charge in [0.1, 0.15) is 6.54 Å². The number of morpholine rings is 1. The first-order chi connectivity index (χ1) is 15.2. The Hall–Kier alpha value is -2.57. The maximum Gasteiger partial charge on any atom is 0.279 e. The van der Waals surface area contributed by atoms with Crippen molar-refractivity contribution >= 4 is 23.0 Å². The van der Waals surface area contributed by atoms with Gasteiger partial charge in [-0.25, -0.2) is 0 Å². The van der Waals surface area contributed by atoms with E-state index in [-0.39, 0.29) is 5.91 Å². The van der Waals surface area contributed by atoms with Gasteiger partial charge in [-0.05, 0) is 49.6 Å². The first-order valence-corrected chi connectivity index (χ1v) is 11.6. The molecular weight excluding hydrogens is 388 g/mol. The van der Waals surface area contributed by atoms with Crippen LogP contribution >= 0.6 is 0 Å². The summed E-state index contributed by atoms with van der Waals surface area (Å²) in [5.74, 6) is 0.0482. The topological polar surface area (TPSA) is 49.3 Å². The van der Waals surface area contributed by atoms with Crippen LogP contribution in [0.4, 0.5) is 17.1 Å². The Labute approximate surface area is 185 Å². The quantitative estimate of drug-likeness (QED) is 0.717. The third-order valence-electron chi connectivity index (χ3n) is 6.17. The highest BCUT2D eigenvalue weighted by atomic mass is 16.5. The van der Waals surface area contributed by atoms with E-state index >= 15 is 0 Å². The number of piperidine rings is 1. The first kappa shape index (κ1) is 21.7. The molecule has 2 aromatic rings. The Morgan fingerprint density at radius 3 is 2.39 bits per heavy atom. The van der Waals surface area contributed by atoms with Crippen molar-refractivity contribution in [3.63, 3.8) is 0 Å². The van der Waals surface area contributed by atoms with Crippen molar-refractivity contribution < 1.29 is 14.4 Å². The van der Waals surface area contributed by atoms with Gasteiger partial charge in [0.05, 0.1) is 20.3 Å². The number of nitrogens with zero attached hydrogens (tertiary/aromatic N) is 2. The molecule has 2 aliphatic heterocycles. The number of ether oxygens (including phenoxy) is 1. The van der Waals surface area contributed by atoms with Crippen LogP contribution in [-0.2, 0) is 16.1 Å². The van der Waals surface area contributed by atoms with Gasteiger partial charge in [-0.3, -0.25) is 4.79 Å². The van der Waals surface area contributed by atoms with Crippen LogP contribution in [-0.4, -0.2) is 58.9 Å². The standard InChI is InChI=1S/C25H34N4O2/c1-27(19-21-7-3-4-8-24(21)29-13-5-2-6-14-29)20-25(30)26-22-9-11-23(12-10-22)28-15-17-31-18-16-28/h3-4,7-12H,2,5-6,13-20H2,1H3,(H,26,30)/p+1. The summed E-state index contributed by atoms with van der Waals surface area (Å²) in [4.78, 5) is 18.6. The number of hydrogen-bond acceptors (Lipinski definition) is 4. The van der Waals surface area contributed by atoms with Crippen molar-refractivity contribution in [2.75, 3.05) is 68.1 Å². The Bertz CT molecular complexity index is 843. The molecule has 0 bridgehead atoms. The fourth-order valence-electron chi connectivity index (χ4n) is 4.55. The van der Waals surface area contributed by atoms with E-state index in [0.29, 0.717) is 6.54 Å². The molecule has 1 amide bonds. The number of likely N-dealkylation sites (N-methyl/N-ethyl adjacent to an activating group) is 1. The summed E-state index contributed by atoms with van der Waals surface area (Å²) in [6.07, 6.45) is 3.87. The first-order valence-electron chi connectivity index (χ1n) is 11.6. The number of benzene rings is 2. The third kappa shape index (κ3) is 5.99. The number of carbonyl (C=O) groups excluding carboxylic acids is 1. The summed E-state index contributed by atoms with van der Waals surface area (Å²) in [6.45, 7) is 6.93. The molecule has 1 atom stereocenters. The molecule has 31 heavy (non-hydrogen) atoms. The zero-order valence-corrected chi connectivity index (χ0v) is 18.6. The van der Waals surface area contributed by atoms with Gasteiger partial charge < -0.3 is 24.8 Å². The van der Waals surface area contributed by atoms with Crippen molar-refractivity contribution in [2.24, 2.45) is 0 Å². The van der Waals surface area contributed by atoms with Gasteiger partial charge in [-0.2, -0.15) is 0 Å². The lowest BCUT2D eigenvalue weighted by molar-refractivity contribution is -0.885. The molecule has 2 heterocycles. The average molecular weight is 424 g/mol. The van der Waals surface area contributed by atoms with Crippen LogP contribution in [0.25, 0.3) is 0 Å². The molecule has 2 fully saturated rings. The van der Waals surface area contributed by atoms with Crippen molar-refractivity contribution in [1.82, 2.24) is 0 Å². The number of anilines is 3. The molecular formula is C25H35N4O2+. The van der Waals surface area contributed by atoms with E-state index in [2.05, 4.69) is 58.6 Å². The molecule has 4 rings (SSSR count). The third-order valence-corrected chi connectivity index (χ3v) is 6.17. The number of nitrogens with one attached hydrogen (secondary N) is 2. The van der Waals surface area contributed by atoms with Crippen LogP contribution in [0.3, 0.4) is 0 Å². The highest BCUT2D eigenvalue weighted by molar-refractivity contribution is 5.91. The second-order valence-corrected chi connectivity index (χ2v) is 8.68. The van der Waals surface area contributed by atoms with Gasteiger partial charge in [0, 0.05) is 48.8 Å². The molecule has 0 spiro atoms. The number of carbonyl (C=O) groups is 1. The highest BCUT2D eigenvalue weighted by Gasteiger charge is 2.18. The minimum absolute atomic E-state index is 0.0482. The molecule has 2 aromatic carbocycles. The lowest BCUT2D eigenvalue weighted by Gasteiger charge is -2.31. The number of para-hydroxylation sites is 1. The minimum atomic E-state index is 0.0482. The summed E-state index contributed by atoms with van der Waals surface area (Å²) in [7, 11) is 2.09. The summed E-state index contributed by atoms with van der Waals surface area (Å²) in [5, 5.41) is 3.05. The normalized spacial score (nSPS) is 18.0.